The topological polar surface area (TPSA) is 41.6 Å². The highest BCUT2D eigenvalue weighted by Crippen LogP contribution is 2.23. The third-order valence-electron chi connectivity index (χ3n) is 4.79. The molecular weight excluding hydrogens is 288 g/mol. The van der Waals surface area contributed by atoms with Crippen molar-refractivity contribution in [2.24, 2.45) is 5.92 Å². The van der Waals surface area contributed by atoms with E-state index in [2.05, 4.69) is 26.1 Å². The number of piperidine rings is 1. The Balaban J connectivity index is 2.52. The summed E-state index contributed by atoms with van der Waals surface area (Å²) >= 11 is 0. The predicted octanol–water partition coefficient (Wildman–Crippen LogP) is 4.58. The third-order valence-corrected chi connectivity index (χ3v) is 4.79. The molecule has 1 amide bonds. The Morgan fingerprint density at radius 3 is 2.48 bits per heavy atom. The molecule has 2 atom stereocenters. The Kier molecular flexibility index (Phi) is 8.38. The molecule has 0 radical (unpaired) electrons. The van der Waals surface area contributed by atoms with Crippen molar-refractivity contribution in [3.05, 3.63) is 0 Å². The summed E-state index contributed by atoms with van der Waals surface area (Å²) in [4.78, 5) is 14.4. The number of hydrogen-bond donors (Lipinski definition) is 1. The van der Waals surface area contributed by atoms with E-state index < -0.39 is 5.60 Å². The third kappa shape index (κ3) is 7.56. The molecule has 1 aliphatic rings. The second-order valence-electron chi connectivity index (χ2n) is 8.05. The van der Waals surface area contributed by atoms with Crippen LogP contribution in [0, 0.1) is 5.92 Å². The van der Waals surface area contributed by atoms with Gasteiger partial charge in [0, 0.05) is 18.6 Å². The Morgan fingerprint density at radius 2 is 1.91 bits per heavy atom. The molecule has 136 valence electrons. The summed E-state index contributed by atoms with van der Waals surface area (Å²) in [5, 5.41) is 3.66. The average molecular weight is 327 g/mol. The van der Waals surface area contributed by atoms with Gasteiger partial charge in [0.15, 0.2) is 0 Å². The van der Waals surface area contributed by atoms with Gasteiger partial charge in [-0.1, -0.05) is 26.7 Å². The Bertz CT molecular complexity index is 348. The monoisotopic (exact) mass is 326 g/mol. The van der Waals surface area contributed by atoms with Crippen molar-refractivity contribution in [2.45, 2.75) is 97.8 Å². The average Bonchev–Trinajstić information content (AvgIpc) is 2.47. The SMILES string of the molecule is CCC(CC)CNC(C)CC1CCCCN1C(=O)OC(C)(C)C. The van der Waals surface area contributed by atoms with Gasteiger partial charge in [-0.3, -0.25) is 0 Å². The minimum atomic E-state index is -0.418. The number of amides is 1. The second kappa shape index (κ2) is 9.51. The molecule has 0 aromatic rings. The van der Waals surface area contributed by atoms with E-state index in [-0.39, 0.29) is 6.09 Å². The number of likely N-dealkylation sites (tertiary alicyclic amines) is 1. The standard InChI is InChI=1S/C19H38N2O2/c1-7-16(8-2)14-20-15(3)13-17-11-9-10-12-21(17)18(22)23-19(4,5)6/h15-17,20H,7-14H2,1-6H3. The van der Waals surface area contributed by atoms with Crippen LogP contribution >= 0.6 is 0 Å². The molecule has 4 heteroatoms. The number of hydrogen-bond acceptors (Lipinski definition) is 3. The van der Waals surface area contributed by atoms with Crippen molar-refractivity contribution in [1.29, 1.82) is 0 Å². The minimum Gasteiger partial charge on any atom is -0.444 e. The van der Waals surface area contributed by atoms with Gasteiger partial charge in [0.25, 0.3) is 0 Å². The summed E-state index contributed by atoms with van der Waals surface area (Å²) < 4.78 is 5.59. The first-order valence-corrected chi connectivity index (χ1v) is 9.49. The zero-order valence-electron chi connectivity index (χ0n) is 16.2. The maximum absolute atomic E-state index is 12.4. The number of carbonyl (C=O) groups is 1. The van der Waals surface area contributed by atoms with E-state index in [0.29, 0.717) is 12.1 Å². The van der Waals surface area contributed by atoms with Crippen LogP contribution in [-0.2, 0) is 4.74 Å². The summed E-state index contributed by atoms with van der Waals surface area (Å²) in [5.41, 5.74) is -0.418. The summed E-state index contributed by atoms with van der Waals surface area (Å²) in [5.74, 6) is 0.755. The van der Waals surface area contributed by atoms with Gasteiger partial charge in [0.2, 0.25) is 0 Å². The van der Waals surface area contributed by atoms with Crippen LogP contribution in [0.25, 0.3) is 0 Å². The minimum absolute atomic E-state index is 0.144. The molecule has 1 heterocycles. The lowest BCUT2D eigenvalue weighted by Crippen LogP contribution is -2.48. The van der Waals surface area contributed by atoms with E-state index >= 15 is 0 Å². The van der Waals surface area contributed by atoms with Crippen molar-refractivity contribution in [3.8, 4) is 0 Å². The van der Waals surface area contributed by atoms with E-state index in [1.54, 1.807) is 0 Å². The van der Waals surface area contributed by atoms with Gasteiger partial charge in [-0.15, -0.1) is 0 Å². The molecule has 1 fully saturated rings. The predicted molar refractivity (Wildman–Crippen MR) is 96.7 cm³/mol. The Labute approximate surface area is 143 Å². The number of rotatable bonds is 7. The highest BCUT2D eigenvalue weighted by Gasteiger charge is 2.31. The first-order valence-electron chi connectivity index (χ1n) is 9.49. The zero-order valence-corrected chi connectivity index (χ0v) is 16.2. The van der Waals surface area contributed by atoms with Gasteiger partial charge in [-0.05, 0) is 65.8 Å². The molecule has 0 saturated carbocycles. The first kappa shape index (κ1) is 20.3. The quantitative estimate of drug-likeness (QED) is 0.744. The van der Waals surface area contributed by atoms with E-state index in [9.17, 15) is 4.79 Å². The maximum atomic E-state index is 12.4. The molecule has 0 bridgehead atoms. The summed E-state index contributed by atoms with van der Waals surface area (Å²) in [6, 6.07) is 0.742. The van der Waals surface area contributed by atoms with Crippen LogP contribution in [0.15, 0.2) is 0 Å². The molecule has 2 unspecified atom stereocenters. The van der Waals surface area contributed by atoms with E-state index in [1.165, 1.54) is 19.3 Å². The van der Waals surface area contributed by atoms with Gasteiger partial charge in [0.05, 0.1) is 0 Å². The maximum Gasteiger partial charge on any atom is 0.410 e. The Morgan fingerprint density at radius 1 is 1.26 bits per heavy atom. The van der Waals surface area contributed by atoms with Gasteiger partial charge < -0.3 is 15.0 Å². The molecule has 1 aliphatic heterocycles. The highest BCUT2D eigenvalue weighted by molar-refractivity contribution is 5.68. The molecule has 4 nitrogen and oxygen atoms in total. The molecule has 1 rings (SSSR count). The molecule has 1 N–H and O–H groups in total. The van der Waals surface area contributed by atoms with E-state index in [4.69, 9.17) is 4.74 Å². The Hall–Kier alpha value is -0.770. The van der Waals surface area contributed by atoms with Crippen LogP contribution in [0.2, 0.25) is 0 Å². The molecule has 0 spiro atoms. The van der Waals surface area contributed by atoms with Crippen molar-refractivity contribution >= 4 is 6.09 Å². The number of nitrogens with zero attached hydrogens (tertiary/aromatic N) is 1. The number of ether oxygens (including phenoxy) is 1. The molecular formula is C19H38N2O2. The summed E-state index contributed by atoms with van der Waals surface area (Å²) in [7, 11) is 0. The fourth-order valence-corrected chi connectivity index (χ4v) is 3.24. The highest BCUT2D eigenvalue weighted by atomic mass is 16.6. The molecule has 1 saturated heterocycles. The van der Waals surface area contributed by atoms with Crippen molar-refractivity contribution in [3.63, 3.8) is 0 Å². The van der Waals surface area contributed by atoms with Crippen molar-refractivity contribution in [2.75, 3.05) is 13.1 Å². The molecule has 0 aromatic carbocycles. The smallest absolute Gasteiger partial charge is 0.410 e. The van der Waals surface area contributed by atoms with Crippen LogP contribution in [0.5, 0.6) is 0 Å². The number of nitrogens with one attached hydrogen (secondary N) is 1. The largest absolute Gasteiger partial charge is 0.444 e. The van der Waals surface area contributed by atoms with Gasteiger partial charge in [-0.25, -0.2) is 4.79 Å². The van der Waals surface area contributed by atoms with Crippen LogP contribution in [-0.4, -0.2) is 41.8 Å². The lowest BCUT2D eigenvalue weighted by molar-refractivity contribution is 0.00786. The number of carbonyl (C=O) groups excluding carboxylic acids is 1. The van der Waals surface area contributed by atoms with Crippen LogP contribution in [0.3, 0.4) is 0 Å². The van der Waals surface area contributed by atoms with Gasteiger partial charge in [0.1, 0.15) is 5.60 Å². The zero-order chi connectivity index (χ0) is 17.5. The lowest BCUT2D eigenvalue weighted by Gasteiger charge is -2.38. The van der Waals surface area contributed by atoms with E-state index in [1.807, 2.05) is 25.7 Å². The molecule has 23 heavy (non-hydrogen) atoms. The van der Waals surface area contributed by atoms with Crippen LogP contribution in [0.4, 0.5) is 4.79 Å². The molecule has 0 aromatic heterocycles. The van der Waals surface area contributed by atoms with E-state index in [0.717, 1.165) is 38.3 Å². The summed E-state index contributed by atoms with van der Waals surface area (Å²) in [6.45, 7) is 14.5. The summed E-state index contributed by atoms with van der Waals surface area (Å²) in [6.07, 6.45) is 6.71. The fourth-order valence-electron chi connectivity index (χ4n) is 3.24. The first-order chi connectivity index (χ1) is 10.8. The van der Waals surface area contributed by atoms with Crippen LogP contribution in [0.1, 0.15) is 80.1 Å². The van der Waals surface area contributed by atoms with Gasteiger partial charge >= 0.3 is 6.09 Å². The fraction of sp³-hybridized carbons (Fsp3) is 0.947. The lowest BCUT2D eigenvalue weighted by atomic mass is 9.96. The van der Waals surface area contributed by atoms with Crippen LogP contribution < -0.4 is 5.32 Å². The van der Waals surface area contributed by atoms with Gasteiger partial charge in [-0.2, -0.15) is 0 Å². The normalized spacial score (nSPS) is 20.7. The van der Waals surface area contributed by atoms with Crippen molar-refractivity contribution in [1.82, 2.24) is 10.2 Å². The second-order valence-corrected chi connectivity index (χ2v) is 8.05. The van der Waals surface area contributed by atoms with Crippen molar-refractivity contribution < 1.29 is 9.53 Å². The molecule has 0 aliphatic carbocycles.